The molecule has 0 atom stereocenters. The zero-order valence-electron chi connectivity index (χ0n) is 19.0. The molecule has 1 aliphatic heterocycles. The summed E-state index contributed by atoms with van der Waals surface area (Å²) in [6, 6.07) is 15.5. The molecule has 2 aromatic carbocycles. The number of para-hydroxylation sites is 1. The normalized spacial score (nSPS) is 15.8. The number of aryl methyl sites for hydroxylation is 1. The summed E-state index contributed by atoms with van der Waals surface area (Å²) in [5.74, 6) is -0.685. The van der Waals surface area contributed by atoms with Crippen LogP contribution >= 0.6 is 11.8 Å². The Labute approximate surface area is 198 Å². The van der Waals surface area contributed by atoms with Crippen LogP contribution in [0.4, 0.5) is 0 Å². The molecule has 1 amide bonds. The van der Waals surface area contributed by atoms with Crippen LogP contribution in [0.15, 0.2) is 69.8 Å². The fourth-order valence-electron chi connectivity index (χ4n) is 3.21. The minimum absolute atomic E-state index is 0.0873. The second-order valence-electron chi connectivity index (χ2n) is 7.43. The monoisotopic (exact) mass is 465 g/mol. The molecule has 0 fully saturated rings. The summed E-state index contributed by atoms with van der Waals surface area (Å²) in [4.78, 5) is 29.0. The summed E-state index contributed by atoms with van der Waals surface area (Å²) in [7, 11) is 0. The highest BCUT2D eigenvalue weighted by atomic mass is 32.2. The maximum atomic E-state index is 12.5. The average molecular weight is 466 g/mol. The number of thioether (sulfide) groups is 1. The maximum Gasteiger partial charge on any atom is 0.344 e. The minimum atomic E-state index is -0.710. The molecule has 0 aromatic heterocycles. The van der Waals surface area contributed by atoms with Gasteiger partial charge in [0.15, 0.2) is 0 Å². The van der Waals surface area contributed by atoms with E-state index < -0.39 is 5.97 Å². The van der Waals surface area contributed by atoms with Crippen molar-refractivity contribution >= 4 is 34.8 Å². The van der Waals surface area contributed by atoms with E-state index in [1.807, 2.05) is 56.3 Å². The Morgan fingerprint density at radius 2 is 1.91 bits per heavy atom. The standard InChI is InChI=1S/C26H27NO5S/c1-4-9-22(28)27-25-23(26(30)31-5-2)24(29)21(33-25)15-19-12-6-7-13-20(19)32-16-18-11-8-10-17(3)14-18/h6-8,10-15,29H,4-5,9,16H2,1-3H3/b21-15-,27-25?. The van der Waals surface area contributed by atoms with E-state index in [2.05, 4.69) is 11.1 Å². The number of aliphatic imine (C=N–C) groups is 1. The molecule has 0 unspecified atom stereocenters. The summed E-state index contributed by atoms with van der Waals surface area (Å²) in [5, 5.41) is 11.0. The van der Waals surface area contributed by atoms with Crippen molar-refractivity contribution in [2.75, 3.05) is 6.61 Å². The quantitative estimate of drug-likeness (QED) is 0.499. The minimum Gasteiger partial charge on any atom is -0.506 e. The average Bonchev–Trinajstić information content (AvgIpc) is 3.08. The van der Waals surface area contributed by atoms with Crippen LogP contribution in [0.3, 0.4) is 0 Å². The van der Waals surface area contributed by atoms with Gasteiger partial charge < -0.3 is 14.6 Å². The molecule has 2 aromatic rings. The number of amides is 1. The zero-order valence-corrected chi connectivity index (χ0v) is 19.8. The van der Waals surface area contributed by atoms with E-state index in [-0.39, 0.29) is 35.3 Å². The first-order valence-electron chi connectivity index (χ1n) is 10.8. The van der Waals surface area contributed by atoms with Crippen LogP contribution < -0.4 is 4.74 Å². The molecule has 1 aliphatic rings. The fraction of sp³-hybridized carbons (Fsp3) is 0.269. The maximum absolute atomic E-state index is 12.5. The topological polar surface area (TPSA) is 85.2 Å². The van der Waals surface area contributed by atoms with Crippen molar-refractivity contribution in [1.82, 2.24) is 0 Å². The molecule has 0 aliphatic carbocycles. The first kappa shape index (κ1) is 24.3. The summed E-state index contributed by atoms with van der Waals surface area (Å²) in [6.07, 6.45) is 2.62. The Balaban J connectivity index is 1.92. The van der Waals surface area contributed by atoms with Gasteiger partial charge in [0.05, 0.1) is 11.5 Å². The molecule has 7 heteroatoms. The van der Waals surface area contributed by atoms with Crippen molar-refractivity contribution < 1.29 is 24.2 Å². The predicted molar refractivity (Wildman–Crippen MR) is 131 cm³/mol. The highest BCUT2D eigenvalue weighted by molar-refractivity contribution is 8.18. The number of esters is 1. The zero-order chi connectivity index (χ0) is 23.8. The first-order chi connectivity index (χ1) is 15.9. The summed E-state index contributed by atoms with van der Waals surface area (Å²) >= 11 is 1.07. The van der Waals surface area contributed by atoms with Gasteiger partial charge >= 0.3 is 5.97 Å². The van der Waals surface area contributed by atoms with Gasteiger partial charge in [0.2, 0.25) is 5.91 Å². The van der Waals surface area contributed by atoms with Gasteiger partial charge in [0.25, 0.3) is 0 Å². The van der Waals surface area contributed by atoms with Crippen LogP contribution in [0.5, 0.6) is 5.75 Å². The van der Waals surface area contributed by atoms with Crippen molar-refractivity contribution in [2.24, 2.45) is 4.99 Å². The number of aliphatic hydroxyl groups excluding tert-OH is 1. The molecular formula is C26H27NO5S. The molecule has 1 heterocycles. The van der Waals surface area contributed by atoms with E-state index in [9.17, 15) is 14.7 Å². The summed E-state index contributed by atoms with van der Waals surface area (Å²) < 4.78 is 11.1. The van der Waals surface area contributed by atoms with Crippen LogP contribution in [0, 0.1) is 6.92 Å². The number of hydrogen-bond donors (Lipinski definition) is 1. The van der Waals surface area contributed by atoms with Gasteiger partial charge in [-0.15, -0.1) is 0 Å². The van der Waals surface area contributed by atoms with Crippen molar-refractivity contribution in [3.8, 4) is 5.75 Å². The van der Waals surface area contributed by atoms with E-state index in [4.69, 9.17) is 9.47 Å². The van der Waals surface area contributed by atoms with E-state index >= 15 is 0 Å². The molecule has 1 N–H and O–H groups in total. The third-order valence-corrected chi connectivity index (χ3v) is 5.76. The Morgan fingerprint density at radius 1 is 1.12 bits per heavy atom. The van der Waals surface area contributed by atoms with Crippen LogP contribution in [0.1, 0.15) is 43.4 Å². The number of rotatable bonds is 8. The molecular weight excluding hydrogens is 438 g/mol. The molecule has 0 saturated heterocycles. The highest BCUT2D eigenvalue weighted by Crippen LogP contribution is 2.40. The van der Waals surface area contributed by atoms with Crippen LogP contribution in [-0.4, -0.2) is 28.6 Å². The molecule has 3 rings (SSSR count). The largest absolute Gasteiger partial charge is 0.506 e. The van der Waals surface area contributed by atoms with Crippen LogP contribution in [0.2, 0.25) is 0 Å². The molecule has 33 heavy (non-hydrogen) atoms. The lowest BCUT2D eigenvalue weighted by molar-refractivity contribution is -0.138. The predicted octanol–water partition coefficient (Wildman–Crippen LogP) is 5.76. The molecule has 0 radical (unpaired) electrons. The first-order valence-corrected chi connectivity index (χ1v) is 11.6. The van der Waals surface area contributed by atoms with Crippen molar-refractivity contribution in [1.29, 1.82) is 0 Å². The molecule has 172 valence electrons. The lowest BCUT2D eigenvalue weighted by Crippen LogP contribution is -2.14. The van der Waals surface area contributed by atoms with Crippen molar-refractivity contribution in [3.05, 3.63) is 81.5 Å². The highest BCUT2D eigenvalue weighted by Gasteiger charge is 2.33. The Hall–Kier alpha value is -3.32. The summed E-state index contributed by atoms with van der Waals surface area (Å²) in [6.45, 7) is 6.11. The van der Waals surface area contributed by atoms with Gasteiger partial charge in [-0.25, -0.2) is 9.79 Å². The number of benzene rings is 2. The summed E-state index contributed by atoms with van der Waals surface area (Å²) in [5.41, 5.74) is 2.84. The Kier molecular flexibility index (Phi) is 8.49. The van der Waals surface area contributed by atoms with Gasteiger partial charge in [-0.1, -0.05) is 66.7 Å². The molecule has 6 nitrogen and oxygen atoms in total. The number of hydrogen-bond acceptors (Lipinski definition) is 6. The van der Waals surface area contributed by atoms with Gasteiger partial charge in [-0.2, -0.15) is 0 Å². The van der Waals surface area contributed by atoms with Crippen LogP contribution in [-0.2, 0) is 20.9 Å². The molecule has 0 bridgehead atoms. The Morgan fingerprint density at radius 3 is 2.64 bits per heavy atom. The van der Waals surface area contributed by atoms with Crippen molar-refractivity contribution in [2.45, 2.75) is 40.2 Å². The smallest absolute Gasteiger partial charge is 0.344 e. The second kappa shape index (κ2) is 11.5. The third-order valence-electron chi connectivity index (χ3n) is 4.74. The van der Waals surface area contributed by atoms with Crippen molar-refractivity contribution in [3.63, 3.8) is 0 Å². The lowest BCUT2D eigenvalue weighted by atomic mass is 10.1. The molecule has 0 saturated carbocycles. The van der Waals surface area contributed by atoms with Gasteiger partial charge in [-0.3, -0.25) is 4.79 Å². The van der Waals surface area contributed by atoms with Gasteiger partial charge in [0.1, 0.15) is 28.7 Å². The number of aliphatic hydroxyl groups is 1. The third kappa shape index (κ3) is 6.35. The van der Waals surface area contributed by atoms with E-state index in [0.717, 1.165) is 28.5 Å². The fourth-order valence-corrected chi connectivity index (χ4v) is 4.23. The molecule has 0 spiro atoms. The number of nitrogens with zero attached hydrogens (tertiary/aromatic N) is 1. The Bertz CT molecular complexity index is 1130. The number of carbonyl (C=O) groups is 2. The van der Waals surface area contributed by atoms with E-state index in [1.165, 1.54) is 0 Å². The second-order valence-corrected chi connectivity index (χ2v) is 8.46. The van der Waals surface area contributed by atoms with E-state index in [0.29, 0.717) is 23.7 Å². The lowest BCUT2D eigenvalue weighted by Gasteiger charge is -2.10. The number of carbonyl (C=O) groups excluding carboxylic acids is 2. The number of ether oxygens (including phenoxy) is 2. The SMILES string of the molecule is CCCC(=O)N=C1S/C(=C\c2ccccc2OCc2cccc(C)c2)C(O)=C1C(=O)OCC. The van der Waals surface area contributed by atoms with Gasteiger partial charge in [0, 0.05) is 12.0 Å². The van der Waals surface area contributed by atoms with Gasteiger partial charge in [-0.05, 0) is 38.0 Å². The van der Waals surface area contributed by atoms with Crippen LogP contribution in [0.25, 0.3) is 6.08 Å². The van der Waals surface area contributed by atoms with E-state index in [1.54, 1.807) is 13.0 Å².